The smallest absolute Gasteiger partial charge is 0.258 e. The molecule has 0 aliphatic heterocycles. The molecule has 0 spiro atoms. The van der Waals surface area contributed by atoms with Gasteiger partial charge in [0.2, 0.25) is 0 Å². The number of H-pyrrole nitrogens is 1. The van der Waals surface area contributed by atoms with Crippen molar-refractivity contribution < 1.29 is 4.79 Å². The molecule has 144 valence electrons. The number of aromatic amines is 1. The van der Waals surface area contributed by atoms with Crippen LogP contribution in [0.5, 0.6) is 0 Å². The average molecular weight is 382 g/mol. The first-order valence-electron chi connectivity index (χ1n) is 9.57. The van der Waals surface area contributed by atoms with E-state index in [1.807, 2.05) is 92.7 Å². The Hall–Kier alpha value is -3.66. The van der Waals surface area contributed by atoms with Crippen molar-refractivity contribution in [2.45, 2.75) is 20.4 Å². The minimum atomic E-state index is -0.182. The molecule has 4 nitrogen and oxygen atoms in total. The van der Waals surface area contributed by atoms with Crippen LogP contribution < -0.4 is 10.5 Å². The number of rotatable bonds is 4. The summed E-state index contributed by atoms with van der Waals surface area (Å²) in [5, 5.41) is 0.939. The first kappa shape index (κ1) is 18.7. The number of fused-ring (bicyclic) bond motifs is 1. The van der Waals surface area contributed by atoms with E-state index in [0.717, 1.165) is 27.7 Å². The summed E-state index contributed by atoms with van der Waals surface area (Å²) in [7, 11) is 0. The molecule has 29 heavy (non-hydrogen) atoms. The van der Waals surface area contributed by atoms with E-state index in [-0.39, 0.29) is 18.0 Å². The van der Waals surface area contributed by atoms with E-state index < -0.39 is 0 Å². The zero-order chi connectivity index (χ0) is 20.4. The Labute approximate surface area is 169 Å². The van der Waals surface area contributed by atoms with Crippen LogP contribution in [0.1, 0.15) is 27.0 Å². The van der Waals surface area contributed by atoms with Gasteiger partial charge in [0, 0.05) is 22.3 Å². The van der Waals surface area contributed by atoms with Crippen molar-refractivity contribution in [2.75, 3.05) is 4.90 Å². The summed E-state index contributed by atoms with van der Waals surface area (Å²) < 4.78 is 0. The molecule has 1 heterocycles. The molecule has 0 saturated heterocycles. The zero-order valence-corrected chi connectivity index (χ0v) is 16.5. The summed E-state index contributed by atoms with van der Waals surface area (Å²) >= 11 is 0. The highest BCUT2D eigenvalue weighted by atomic mass is 16.2. The highest BCUT2D eigenvalue weighted by molar-refractivity contribution is 6.06. The van der Waals surface area contributed by atoms with E-state index >= 15 is 0 Å². The standard InChI is InChI=1S/C25H22N2O2/c1-17-7-5-10-20(13-17)25(29)27(22-11-6-8-18(2)14-22)16-21-15-19-9-3-4-12-23(19)26-24(21)28/h3-15H,16H2,1-2H3,(H,26,28). The van der Waals surface area contributed by atoms with Crippen molar-refractivity contribution in [2.24, 2.45) is 0 Å². The summed E-state index contributed by atoms with van der Waals surface area (Å²) in [6.45, 7) is 4.14. The van der Waals surface area contributed by atoms with E-state index in [4.69, 9.17) is 0 Å². The Morgan fingerprint density at radius 2 is 1.59 bits per heavy atom. The maximum absolute atomic E-state index is 13.4. The largest absolute Gasteiger partial charge is 0.322 e. The van der Waals surface area contributed by atoms with E-state index in [2.05, 4.69) is 4.98 Å². The first-order chi connectivity index (χ1) is 14.0. The normalized spacial score (nSPS) is 10.8. The van der Waals surface area contributed by atoms with Gasteiger partial charge in [-0.25, -0.2) is 0 Å². The van der Waals surface area contributed by atoms with Crippen LogP contribution in [0.15, 0.2) is 83.7 Å². The highest BCUT2D eigenvalue weighted by Crippen LogP contribution is 2.22. The number of anilines is 1. The second-order valence-electron chi connectivity index (χ2n) is 7.31. The van der Waals surface area contributed by atoms with Crippen LogP contribution in [0.2, 0.25) is 0 Å². The molecule has 1 N–H and O–H groups in total. The number of hydrogen-bond donors (Lipinski definition) is 1. The third-order valence-electron chi connectivity index (χ3n) is 4.98. The molecule has 0 saturated carbocycles. The van der Waals surface area contributed by atoms with Gasteiger partial charge in [-0.3, -0.25) is 9.59 Å². The molecule has 0 unspecified atom stereocenters. The summed E-state index contributed by atoms with van der Waals surface area (Å²) in [6.07, 6.45) is 0. The predicted octanol–water partition coefficient (Wildman–Crippen LogP) is 4.99. The molecule has 1 aromatic heterocycles. The summed E-state index contributed by atoms with van der Waals surface area (Å²) in [5.41, 5.74) is 4.59. The van der Waals surface area contributed by atoms with Crippen molar-refractivity contribution in [3.63, 3.8) is 0 Å². The topological polar surface area (TPSA) is 53.2 Å². The minimum absolute atomic E-state index is 0.133. The second-order valence-corrected chi connectivity index (χ2v) is 7.31. The Morgan fingerprint density at radius 1 is 0.862 bits per heavy atom. The van der Waals surface area contributed by atoms with Gasteiger partial charge in [-0.15, -0.1) is 0 Å². The van der Waals surface area contributed by atoms with Crippen LogP contribution in [0.4, 0.5) is 5.69 Å². The highest BCUT2D eigenvalue weighted by Gasteiger charge is 2.20. The quantitative estimate of drug-likeness (QED) is 0.540. The lowest BCUT2D eigenvalue weighted by molar-refractivity contribution is 0.0985. The van der Waals surface area contributed by atoms with Gasteiger partial charge in [-0.05, 0) is 61.2 Å². The van der Waals surface area contributed by atoms with Gasteiger partial charge in [-0.2, -0.15) is 0 Å². The van der Waals surface area contributed by atoms with Crippen LogP contribution in [-0.2, 0) is 6.54 Å². The van der Waals surface area contributed by atoms with Crippen molar-refractivity contribution in [1.82, 2.24) is 4.98 Å². The fourth-order valence-electron chi connectivity index (χ4n) is 3.49. The number of carbonyl (C=O) groups is 1. The van der Waals surface area contributed by atoms with Crippen LogP contribution >= 0.6 is 0 Å². The Balaban J connectivity index is 1.80. The number of carbonyl (C=O) groups excluding carboxylic acids is 1. The van der Waals surface area contributed by atoms with Crippen LogP contribution in [0.3, 0.4) is 0 Å². The van der Waals surface area contributed by atoms with E-state index in [1.165, 1.54) is 0 Å². The maximum atomic E-state index is 13.4. The van der Waals surface area contributed by atoms with Crippen molar-refractivity contribution in [1.29, 1.82) is 0 Å². The van der Waals surface area contributed by atoms with Gasteiger partial charge in [0.1, 0.15) is 0 Å². The number of aryl methyl sites for hydroxylation is 2. The van der Waals surface area contributed by atoms with E-state index in [1.54, 1.807) is 4.90 Å². The Bertz CT molecular complexity index is 1260. The van der Waals surface area contributed by atoms with Crippen molar-refractivity contribution >= 4 is 22.5 Å². The fraction of sp³-hybridized carbons (Fsp3) is 0.120. The van der Waals surface area contributed by atoms with Crippen LogP contribution in [-0.4, -0.2) is 10.9 Å². The second kappa shape index (κ2) is 7.76. The first-order valence-corrected chi connectivity index (χ1v) is 9.57. The van der Waals surface area contributed by atoms with Gasteiger partial charge >= 0.3 is 0 Å². The molecule has 4 aromatic rings. The summed E-state index contributed by atoms with van der Waals surface area (Å²) in [4.78, 5) is 30.7. The van der Waals surface area contributed by atoms with Gasteiger partial charge in [0.05, 0.1) is 6.54 Å². The lowest BCUT2D eigenvalue weighted by Gasteiger charge is -2.23. The molecule has 0 bridgehead atoms. The van der Waals surface area contributed by atoms with E-state index in [9.17, 15) is 9.59 Å². The average Bonchev–Trinajstić information content (AvgIpc) is 2.71. The number of para-hydroxylation sites is 1. The van der Waals surface area contributed by atoms with Crippen molar-refractivity contribution in [3.8, 4) is 0 Å². The zero-order valence-electron chi connectivity index (χ0n) is 16.5. The number of aromatic nitrogens is 1. The number of pyridine rings is 1. The molecule has 3 aromatic carbocycles. The molecule has 0 aliphatic carbocycles. The number of nitrogens with one attached hydrogen (secondary N) is 1. The molecule has 4 rings (SSSR count). The molecule has 4 heteroatoms. The van der Waals surface area contributed by atoms with E-state index in [0.29, 0.717) is 11.1 Å². The number of benzene rings is 3. The van der Waals surface area contributed by atoms with Gasteiger partial charge < -0.3 is 9.88 Å². The van der Waals surface area contributed by atoms with Crippen LogP contribution in [0.25, 0.3) is 10.9 Å². The van der Waals surface area contributed by atoms with Crippen molar-refractivity contribution in [3.05, 3.63) is 111 Å². The summed E-state index contributed by atoms with van der Waals surface area (Å²) in [6, 6.07) is 24.8. The lowest BCUT2D eigenvalue weighted by Crippen LogP contribution is -2.33. The number of nitrogens with zero attached hydrogens (tertiary/aromatic N) is 1. The summed E-state index contributed by atoms with van der Waals surface area (Å²) in [5.74, 6) is -0.133. The maximum Gasteiger partial charge on any atom is 0.258 e. The number of hydrogen-bond acceptors (Lipinski definition) is 2. The number of amides is 1. The molecular formula is C25H22N2O2. The van der Waals surface area contributed by atoms with Gasteiger partial charge in [-0.1, -0.05) is 48.0 Å². The predicted molar refractivity (Wildman–Crippen MR) is 117 cm³/mol. The lowest BCUT2D eigenvalue weighted by atomic mass is 10.1. The van der Waals surface area contributed by atoms with Gasteiger partial charge in [0.15, 0.2) is 0 Å². The molecule has 0 atom stereocenters. The minimum Gasteiger partial charge on any atom is -0.322 e. The fourth-order valence-corrected chi connectivity index (χ4v) is 3.49. The third-order valence-corrected chi connectivity index (χ3v) is 4.98. The molecule has 0 fully saturated rings. The SMILES string of the molecule is Cc1cccc(C(=O)N(Cc2cc3ccccc3[nH]c2=O)c2cccc(C)c2)c1. The monoisotopic (exact) mass is 382 g/mol. The Kier molecular flexibility index (Phi) is 5.00. The van der Waals surface area contributed by atoms with Gasteiger partial charge in [0.25, 0.3) is 11.5 Å². The third kappa shape index (κ3) is 3.97. The molecular weight excluding hydrogens is 360 g/mol. The molecule has 1 amide bonds. The Morgan fingerprint density at radius 3 is 2.34 bits per heavy atom. The molecule has 0 aliphatic rings. The van der Waals surface area contributed by atoms with Crippen LogP contribution in [0, 0.1) is 13.8 Å². The molecule has 0 radical (unpaired) electrons.